The van der Waals surface area contributed by atoms with E-state index in [2.05, 4.69) is 21.3 Å². The summed E-state index contributed by atoms with van der Waals surface area (Å²) in [7, 11) is 0. The number of nitrogens with two attached hydrogens (primary N) is 2. The maximum absolute atomic E-state index is 13.2. The molecule has 0 radical (unpaired) electrons. The van der Waals surface area contributed by atoms with Gasteiger partial charge in [0, 0.05) is 25.2 Å². The molecule has 1 aromatic rings. The van der Waals surface area contributed by atoms with E-state index >= 15 is 0 Å². The first-order valence-electron chi connectivity index (χ1n) is 13.7. The van der Waals surface area contributed by atoms with Gasteiger partial charge in [-0.2, -0.15) is 0 Å². The maximum Gasteiger partial charge on any atom is 0.312 e. The summed E-state index contributed by atoms with van der Waals surface area (Å²) in [6.45, 7) is 10.0. The van der Waals surface area contributed by atoms with Crippen molar-refractivity contribution in [2.75, 3.05) is 31.6 Å². The summed E-state index contributed by atoms with van der Waals surface area (Å²) in [5.74, 6) is -1.95. The normalized spacial score (nSPS) is 12.7. The SMILES string of the molecule is CC(C)[C@H](NC(=O)CCOCCN)C(=O)N[C@@H](CCCNC(N)=O)C(=O)Nc1ccc(COC(=O)C(C)(C)C)cc1. The molecule has 1 aromatic carbocycles. The summed E-state index contributed by atoms with van der Waals surface area (Å²) in [5, 5.41) is 10.7. The van der Waals surface area contributed by atoms with Crippen LogP contribution in [0.4, 0.5) is 10.5 Å². The second kappa shape index (κ2) is 17.9. The van der Waals surface area contributed by atoms with Gasteiger partial charge in [0.25, 0.3) is 0 Å². The number of anilines is 1. The topological polar surface area (TPSA) is 204 Å². The Labute approximate surface area is 241 Å². The Balaban J connectivity index is 2.88. The van der Waals surface area contributed by atoms with Gasteiger partial charge in [0.05, 0.1) is 18.6 Å². The van der Waals surface area contributed by atoms with E-state index in [4.69, 9.17) is 20.9 Å². The fraction of sp³-hybridized carbons (Fsp3) is 0.607. The lowest BCUT2D eigenvalue weighted by Gasteiger charge is -2.25. The highest BCUT2D eigenvalue weighted by molar-refractivity contribution is 5.98. The van der Waals surface area contributed by atoms with Gasteiger partial charge in [-0.3, -0.25) is 19.2 Å². The van der Waals surface area contributed by atoms with Crippen molar-refractivity contribution >= 4 is 35.4 Å². The third-order valence-electron chi connectivity index (χ3n) is 5.81. The van der Waals surface area contributed by atoms with Crippen molar-refractivity contribution in [2.24, 2.45) is 22.8 Å². The van der Waals surface area contributed by atoms with Gasteiger partial charge in [-0.15, -0.1) is 0 Å². The first-order valence-corrected chi connectivity index (χ1v) is 13.7. The van der Waals surface area contributed by atoms with Gasteiger partial charge in [0.15, 0.2) is 0 Å². The number of urea groups is 1. The van der Waals surface area contributed by atoms with Crippen molar-refractivity contribution in [1.82, 2.24) is 16.0 Å². The number of primary amides is 1. The van der Waals surface area contributed by atoms with Crippen molar-refractivity contribution in [3.63, 3.8) is 0 Å². The molecule has 0 fully saturated rings. The fourth-order valence-electron chi connectivity index (χ4n) is 3.46. The Morgan fingerprint density at radius 3 is 2.17 bits per heavy atom. The molecule has 0 aliphatic carbocycles. The van der Waals surface area contributed by atoms with Crippen LogP contribution in [0.5, 0.6) is 0 Å². The number of esters is 1. The Morgan fingerprint density at radius 1 is 0.951 bits per heavy atom. The van der Waals surface area contributed by atoms with Gasteiger partial charge in [-0.1, -0.05) is 26.0 Å². The van der Waals surface area contributed by atoms with Crippen LogP contribution in [0.2, 0.25) is 0 Å². The molecular formula is C28H46N6O7. The van der Waals surface area contributed by atoms with Crippen molar-refractivity contribution in [1.29, 1.82) is 0 Å². The molecule has 2 atom stereocenters. The van der Waals surface area contributed by atoms with Crippen LogP contribution in [0.25, 0.3) is 0 Å². The molecule has 13 heteroatoms. The maximum atomic E-state index is 13.2. The Kier molecular flexibility index (Phi) is 15.4. The summed E-state index contributed by atoms with van der Waals surface area (Å²) in [6.07, 6.45) is 0.617. The molecule has 0 bridgehead atoms. The van der Waals surface area contributed by atoms with Gasteiger partial charge < -0.3 is 42.2 Å². The van der Waals surface area contributed by atoms with Crippen LogP contribution < -0.4 is 32.7 Å². The van der Waals surface area contributed by atoms with Crippen LogP contribution in [-0.2, 0) is 35.3 Å². The van der Waals surface area contributed by atoms with Crippen LogP contribution in [0.15, 0.2) is 24.3 Å². The largest absolute Gasteiger partial charge is 0.460 e. The second-order valence-corrected chi connectivity index (χ2v) is 10.9. The molecular weight excluding hydrogens is 532 g/mol. The lowest BCUT2D eigenvalue weighted by Crippen LogP contribution is -2.54. The van der Waals surface area contributed by atoms with Crippen LogP contribution >= 0.6 is 0 Å². The predicted octanol–water partition coefficient (Wildman–Crippen LogP) is 1.15. The van der Waals surface area contributed by atoms with E-state index in [1.165, 1.54) is 0 Å². The van der Waals surface area contributed by atoms with Gasteiger partial charge in [0.1, 0.15) is 18.7 Å². The molecule has 8 N–H and O–H groups in total. The van der Waals surface area contributed by atoms with Crippen LogP contribution in [0.1, 0.15) is 59.4 Å². The highest BCUT2D eigenvalue weighted by Crippen LogP contribution is 2.17. The number of carbonyl (C=O) groups excluding carboxylic acids is 5. The highest BCUT2D eigenvalue weighted by atomic mass is 16.5. The number of hydrogen-bond acceptors (Lipinski definition) is 8. The molecule has 1 rings (SSSR count). The number of rotatable bonds is 17. The Morgan fingerprint density at radius 2 is 1.61 bits per heavy atom. The van der Waals surface area contributed by atoms with E-state index in [0.29, 0.717) is 25.3 Å². The molecule has 0 saturated heterocycles. The molecule has 230 valence electrons. The van der Waals surface area contributed by atoms with E-state index in [0.717, 1.165) is 5.56 Å². The number of hydrogen-bond donors (Lipinski definition) is 6. The summed E-state index contributed by atoms with van der Waals surface area (Å²) in [4.78, 5) is 61.7. The zero-order valence-corrected chi connectivity index (χ0v) is 24.7. The van der Waals surface area contributed by atoms with Crippen LogP contribution in [0.3, 0.4) is 0 Å². The molecule has 41 heavy (non-hydrogen) atoms. The summed E-state index contributed by atoms with van der Waals surface area (Å²) >= 11 is 0. The molecule has 0 aliphatic heterocycles. The Hall–Kier alpha value is -3.71. The van der Waals surface area contributed by atoms with Crippen LogP contribution in [0, 0.1) is 11.3 Å². The third kappa shape index (κ3) is 14.5. The zero-order valence-electron chi connectivity index (χ0n) is 24.7. The third-order valence-corrected chi connectivity index (χ3v) is 5.81. The van der Waals surface area contributed by atoms with Gasteiger partial charge >= 0.3 is 12.0 Å². The number of carbonyl (C=O) groups is 5. The van der Waals surface area contributed by atoms with Gasteiger partial charge in [-0.25, -0.2) is 4.79 Å². The molecule has 5 amide bonds. The first kappa shape index (κ1) is 35.3. The smallest absolute Gasteiger partial charge is 0.312 e. The monoisotopic (exact) mass is 578 g/mol. The summed E-state index contributed by atoms with van der Waals surface area (Å²) < 4.78 is 10.5. The minimum absolute atomic E-state index is 0.0601. The van der Waals surface area contributed by atoms with E-state index in [1.807, 2.05) is 0 Å². The number of ether oxygens (including phenoxy) is 2. The average molecular weight is 579 g/mol. The quantitative estimate of drug-likeness (QED) is 0.117. The van der Waals surface area contributed by atoms with E-state index in [1.54, 1.807) is 58.9 Å². The van der Waals surface area contributed by atoms with Crippen molar-refractivity contribution < 1.29 is 33.4 Å². The van der Waals surface area contributed by atoms with Crippen molar-refractivity contribution in [3.8, 4) is 0 Å². The lowest BCUT2D eigenvalue weighted by atomic mass is 9.97. The van der Waals surface area contributed by atoms with Gasteiger partial charge in [0.2, 0.25) is 17.7 Å². The van der Waals surface area contributed by atoms with E-state index in [-0.39, 0.29) is 50.4 Å². The molecule has 0 spiro atoms. The zero-order chi connectivity index (χ0) is 31.0. The molecule has 0 aliphatic rings. The van der Waals surface area contributed by atoms with Crippen molar-refractivity contribution in [2.45, 2.75) is 72.6 Å². The summed E-state index contributed by atoms with van der Waals surface area (Å²) in [6, 6.07) is 4.23. The first-order chi connectivity index (χ1) is 19.2. The Bertz CT molecular complexity index is 1010. The van der Waals surface area contributed by atoms with E-state index < -0.39 is 35.3 Å². The molecule has 0 heterocycles. The number of amides is 5. The molecule has 13 nitrogen and oxygen atoms in total. The minimum Gasteiger partial charge on any atom is -0.460 e. The second-order valence-electron chi connectivity index (χ2n) is 10.9. The predicted molar refractivity (Wildman–Crippen MR) is 154 cm³/mol. The lowest BCUT2D eigenvalue weighted by molar-refractivity contribution is -0.154. The minimum atomic E-state index is -0.962. The standard InChI is InChI=1S/C28H46N6O7/c1-18(2)23(34-22(35)12-15-40-16-13-29)25(37)33-21(7-6-14-31-27(30)39)24(36)32-20-10-8-19(9-11-20)17-41-26(38)28(3,4)5/h8-11,18,21,23H,6-7,12-17,29H2,1-5H3,(H,32,36)(H,33,37)(H,34,35)(H3,30,31,39)/t21-,23-/m0/s1. The highest BCUT2D eigenvalue weighted by Gasteiger charge is 2.29. The molecule has 0 saturated carbocycles. The van der Waals surface area contributed by atoms with Gasteiger partial charge in [-0.05, 0) is 57.2 Å². The molecule has 0 unspecified atom stereocenters. The number of benzene rings is 1. The van der Waals surface area contributed by atoms with E-state index in [9.17, 15) is 24.0 Å². The number of nitrogens with one attached hydrogen (secondary N) is 4. The summed E-state index contributed by atoms with van der Waals surface area (Å²) in [5.41, 5.74) is 11.1. The fourth-order valence-corrected chi connectivity index (χ4v) is 3.46. The molecule has 0 aromatic heterocycles. The van der Waals surface area contributed by atoms with Crippen LogP contribution in [-0.4, -0.2) is 68.1 Å². The average Bonchev–Trinajstić information content (AvgIpc) is 2.89. The van der Waals surface area contributed by atoms with Crippen molar-refractivity contribution in [3.05, 3.63) is 29.8 Å².